The van der Waals surface area contributed by atoms with E-state index in [-0.39, 0.29) is 6.04 Å². The minimum absolute atomic E-state index is 0.237. The highest BCUT2D eigenvalue weighted by atomic mass is 15.2. The average Bonchev–Trinajstić information content (AvgIpc) is 2.78. The van der Waals surface area contributed by atoms with E-state index in [1.807, 2.05) is 12.3 Å². The second-order valence-electron chi connectivity index (χ2n) is 5.81. The van der Waals surface area contributed by atoms with Gasteiger partial charge in [0.15, 0.2) is 0 Å². The summed E-state index contributed by atoms with van der Waals surface area (Å²) < 4.78 is 0. The van der Waals surface area contributed by atoms with Crippen LogP contribution in [0.3, 0.4) is 0 Å². The van der Waals surface area contributed by atoms with E-state index in [9.17, 15) is 0 Å². The van der Waals surface area contributed by atoms with Crippen LogP contribution in [0.1, 0.15) is 50.1 Å². The standard InChI is InChI=1S/C17H23N3/c18-20-17(13-7-3-1-2-4-8-13)15-9-5-11-16-14(15)10-6-12-19-16/h5-6,9-13,17,20H,1-4,7-8,18H2. The maximum Gasteiger partial charge on any atom is 0.0705 e. The molecule has 0 saturated heterocycles. The Balaban J connectivity index is 1.98. The van der Waals surface area contributed by atoms with Crippen LogP contribution in [-0.4, -0.2) is 4.98 Å². The summed E-state index contributed by atoms with van der Waals surface area (Å²) in [4.78, 5) is 4.45. The molecule has 1 saturated carbocycles. The number of benzene rings is 1. The van der Waals surface area contributed by atoms with E-state index in [0.29, 0.717) is 5.92 Å². The van der Waals surface area contributed by atoms with Gasteiger partial charge in [-0.2, -0.15) is 0 Å². The van der Waals surface area contributed by atoms with Gasteiger partial charge in [-0.25, -0.2) is 0 Å². The van der Waals surface area contributed by atoms with Crippen LogP contribution in [0.15, 0.2) is 36.5 Å². The van der Waals surface area contributed by atoms with Crippen molar-refractivity contribution in [3.8, 4) is 0 Å². The molecule has 3 rings (SSSR count). The quantitative estimate of drug-likeness (QED) is 0.507. The summed E-state index contributed by atoms with van der Waals surface area (Å²) in [6, 6.07) is 10.7. The molecular formula is C17H23N3. The summed E-state index contributed by atoms with van der Waals surface area (Å²) in [6.07, 6.45) is 9.77. The minimum atomic E-state index is 0.237. The van der Waals surface area contributed by atoms with Gasteiger partial charge in [0.1, 0.15) is 0 Å². The van der Waals surface area contributed by atoms with Crippen molar-refractivity contribution in [2.45, 2.75) is 44.6 Å². The zero-order valence-corrected chi connectivity index (χ0v) is 11.9. The Morgan fingerprint density at radius 1 is 1.05 bits per heavy atom. The number of aromatic nitrogens is 1. The molecule has 1 unspecified atom stereocenters. The monoisotopic (exact) mass is 269 g/mol. The number of fused-ring (bicyclic) bond motifs is 1. The fraction of sp³-hybridized carbons (Fsp3) is 0.471. The molecule has 1 heterocycles. The van der Waals surface area contributed by atoms with Crippen molar-refractivity contribution in [1.29, 1.82) is 0 Å². The summed E-state index contributed by atoms with van der Waals surface area (Å²) in [7, 11) is 0. The van der Waals surface area contributed by atoms with Crippen molar-refractivity contribution in [3.63, 3.8) is 0 Å². The van der Waals surface area contributed by atoms with Crippen LogP contribution >= 0.6 is 0 Å². The third-order valence-electron chi connectivity index (χ3n) is 4.57. The van der Waals surface area contributed by atoms with Gasteiger partial charge in [0.2, 0.25) is 0 Å². The molecule has 1 aliphatic rings. The van der Waals surface area contributed by atoms with E-state index in [1.165, 1.54) is 49.5 Å². The van der Waals surface area contributed by atoms with E-state index < -0.39 is 0 Å². The first-order valence-electron chi connectivity index (χ1n) is 7.70. The zero-order chi connectivity index (χ0) is 13.8. The lowest BCUT2D eigenvalue weighted by Crippen LogP contribution is -2.33. The Labute approximate surface area is 120 Å². The van der Waals surface area contributed by atoms with Crippen molar-refractivity contribution >= 4 is 10.9 Å². The van der Waals surface area contributed by atoms with E-state index in [4.69, 9.17) is 5.84 Å². The summed E-state index contributed by atoms with van der Waals surface area (Å²) in [6.45, 7) is 0. The molecule has 0 radical (unpaired) electrons. The fourth-order valence-electron chi connectivity index (χ4n) is 3.52. The smallest absolute Gasteiger partial charge is 0.0705 e. The van der Waals surface area contributed by atoms with Crippen LogP contribution in [0.5, 0.6) is 0 Å². The first-order valence-corrected chi connectivity index (χ1v) is 7.70. The average molecular weight is 269 g/mol. The molecule has 3 nitrogen and oxygen atoms in total. The normalized spacial score (nSPS) is 18.9. The lowest BCUT2D eigenvalue weighted by Gasteiger charge is -2.27. The molecule has 3 N–H and O–H groups in total. The Hall–Kier alpha value is -1.45. The number of nitrogens with one attached hydrogen (secondary N) is 1. The van der Waals surface area contributed by atoms with E-state index >= 15 is 0 Å². The third-order valence-corrected chi connectivity index (χ3v) is 4.57. The van der Waals surface area contributed by atoms with E-state index in [2.05, 4.69) is 34.7 Å². The maximum atomic E-state index is 5.91. The number of nitrogens with two attached hydrogens (primary N) is 1. The Bertz CT molecular complexity index is 554. The predicted molar refractivity (Wildman–Crippen MR) is 83.0 cm³/mol. The molecule has 2 aromatic rings. The van der Waals surface area contributed by atoms with E-state index in [1.54, 1.807) is 0 Å². The molecule has 20 heavy (non-hydrogen) atoms. The Kier molecular flexibility index (Phi) is 4.28. The summed E-state index contributed by atoms with van der Waals surface area (Å²) in [5, 5.41) is 1.22. The van der Waals surface area contributed by atoms with Gasteiger partial charge in [-0.3, -0.25) is 16.3 Å². The van der Waals surface area contributed by atoms with Crippen molar-refractivity contribution in [2.75, 3.05) is 0 Å². The lowest BCUT2D eigenvalue weighted by molar-refractivity contribution is 0.330. The van der Waals surface area contributed by atoms with Crippen LogP contribution < -0.4 is 11.3 Å². The minimum Gasteiger partial charge on any atom is -0.271 e. The topological polar surface area (TPSA) is 50.9 Å². The van der Waals surface area contributed by atoms with Crippen LogP contribution in [0, 0.1) is 5.92 Å². The van der Waals surface area contributed by atoms with Gasteiger partial charge in [0.05, 0.1) is 5.52 Å². The van der Waals surface area contributed by atoms with Crippen molar-refractivity contribution in [3.05, 3.63) is 42.1 Å². The predicted octanol–water partition coefficient (Wildman–Crippen LogP) is 3.71. The van der Waals surface area contributed by atoms with Crippen molar-refractivity contribution in [1.82, 2.24) is 10.4 Å². The van der Waals surface area contributed by atoms with Gasteiger partial charge in [-0.1, -0.05) is 43.9 Å². The molecule has 1 aromatic carbocycles. The summed E-state index contributed by atoms with van der Waals surface area (Å²) >= 11 is 0. The van der Waals surface area contributed by atoms with E-state index in [0.717, 1.165) is 5.52 Å². The molecule has 0 aliphatic heterocycles. The molecule has 0 bridgehead atoms. The highest BCUT2D eigenvalue weighted by Gasteiger charge is 2.24. The summed E-state index contributed by atoms with van der Waals surface area (Å²) in [5.74, 6) is 6.54. The van der Waals surface area contributed by atoms with Crippen molar-refractivity contribution in [2.24, 2.45) is 11.8 Å². The van der Waals surface area contributed by atoms with Gasteiger partial charge in [-0.05, 0) is 36.5 Å². The van der Waals surface area contributed by atoms with Crippen LogP contribution in [0.4, 0.5) is 0 Å². The molecule has 1 fully saturated rings. The first-order chi connectivity index (χ1) is 9.90. The first kappa shape index (κ1) is 13.5. The fourth-order valence-corrected chi connectivity index (χ4v) is 3.52. The number of rotatable bonds is 3. The molecule has 0 amide bonds. The van der Waals surface area contributed by atoms with Gasteiger partial charge >= 0.3 is 0 Å². The zero-order valence-electron chi connectivity index (χ0n) is 11.9. The number of pyridine rings is 1. The number of hydrogen-bond donors (Lipinski definition) is 2. The highest BCUT2D eigenvalue weighted by molar-refractivity contribution is 5.82. The van der Waals surface area contributed by atoms with Gasteiger partial charge in [0.25, 0.3) is 0 Å². The highest BCUT2D eigenvalue weighted by Crippen LogP contribution is 2.35. The number of hydrogen-bond acceptors (Lipinski definition) is 3. The van der Waals surface area contributed by atoms with Gasteiger partial charge in [-0.15, -0.1) is 0 Å². The number of hydrazine groups is 1. The molecule has 3 heteroatoms. The Morgan fingerprint density at radius 2 is 1.85 bits per heavy atom. The Morgan fingerprint density at radius 3 is 2.60 bits per heavy atom. The van der Waals surface area contributed by atoms with Crippen molar-refractivity contribution < 1.29 is 0 Å². The molecule has 106 valence electrons. The number of nitrogens with zero attached hydrogens (tertiary/aromatic N) is 1. The van der Waals surface area contributed by atoms with Crippen LogP contribution in [0.2, 0.25) is 0 Å². The maximum absolute atomic E-state index is 5.91. The molecule has 0 spiro atoms. The SMILES string of the molecule is NNC(c1cccc2ncccc12)C1CCCCCC1. The molecule has 1 aliphatic carbocycles. The molecular weight excluding hydrogens is 246 g/mol. The van der Waals surface area contributed by atoms with Crippen LogP contribution in [-0.2, 0) is 0 Å². The van der Waals surface area contributed by atoms with Gasteiger partial charge in [0, 0.05) is 17.6 Å². The third kappa shape index (κ3) is 2.69. The second kappa shape index (κ2) is 6.33. The van der Waals surface area contributed by atoms with Crippen LogP contribution in [0.25, 0.3) is 10.9 Å². The second-order valence-corrected chi connectivity index (χ2v) is 5.81. The van der Waals surface area contributed by atoms with Gasteiger partial charge < -0.3 is 0 Å². The molecule has 1 atom stereocenters. The molecule has 1 aromatic heterocycles. The largest absolute Gasteiger partial charge is 0.271 e. The lowest BCUT2D eigenvalue weighted by atomic mass is 9.86. The summed E-state index contributed by atoms with van der Waals surface area (Å²) in [5.41, 5.74) is 5.43.